The fourth-order valence-corrected chi connectivity index (χ4v) is 3.15. The minimum absolute atomic E-state index is 0.150. The Bertz CT molecular complexity index is 1050. The van der Waals surface area contributed by atoms with Gasteiger partial charge in [0.05, 0.1) is 0 Å². The number of rotatable bonds is 7. The Morgan fingerprint density at radius 3 is 2.48 bits per heavy atom. The number of likely N-dealkylation sites (N-methyl/N-ethyl adjacent to an activating group) is 1. The maximum Gasteiger partial charge on any atom is 0.254 e. The van der Waals surface area contributed by atoms with Gasteiger partial charge in [-0.25, -0.2) is 9.37 Å². The summed E-state index contributed by atoms with van der Waals surface area (Å²) in [5.74, 6) is -0.309. The van der Waals surface area contributed by atoms with Gasteiger partial charge in [0.25, 0.3) is 5.56 Å². The van der Waals surface area contributed by atoms with Crippen molar-refractivity contribution in [2.75, 3.05) is 6.54 Å². The van der Waals surface area contributed by atoms with E-state index in [2.05, 4.69) is 4.98 Å². The number of hydrogen-bond acceptors (Lipinski definition) is 3. The van der Waals surface area contributed by atoms with Crippen molar-refractivity contribution in [3.8, 4) is 11.4 Å². The molecule has 0 unspecified atom stereocenters. The standard InChI is InChI=1S/C23H24FN3O2/c1-3-20-14-21(28)27(23(25-20)18-11-8-12-19(24)13-18)16-22(29)26(4-2)15-17-9-6-5-7-10-17/h5-14H,3-4,15-16H2,1-2H3. The van der Waals surface area contributed by atoms with E-state index < -0.39 is 5.82 Å². The van der Waals surface area contributed by atoms with E-state index >= 15 is 0 Å². The quantitative estimate of drug-likeness (QED) is 0.616. The third-order valence-electron chi connectivity index (χ3n) is 4.75. The van der Waals surface area contributed by atoms with Crippen LogP contribution in [0.3, 0.4) is 0 Å². The maximum absolute atomic E-state index is 13.8. The van der Waals surface area contributed by atoms with E-state index in [1.165, 1.54) is 22.8 Å². The number of carbonyl (C=O) groups is 1. The smallest absolute Gasteiger partial charge is 0.254 e. The Morgan fingerprint density at radius 2 is 1.83 bits per heavy atom. The molecule has 1 amide bonds. The average molecular weight is 393 g/mol. The number of nitrogens with zero attached hydrogens (tertiary/aromatic N) is 3. The molecule has 0 bridgehead atoms. The van der Waals surface area contributed by atoms with Crippen LogP contribution in [0.1, 0.15) is 25.1 Å². The first-order valence-corrected chi connectivity index (χ1v) is 9.70. The van der Waals surface area contributed by atoms with Gasteiger partial charge in [-0.1, -0.05) is 49.4 Å². The third kappa shape index (κ3) is 4.96. The van der Waals surface area contributed by atoms with Crippen LogP contribution in [0, 0.1) is 5.82 Å². The molecule has 1 heterocycles. The molecule has 1 aromatic heterocycles. The van der Waals surface area contributed by atoms with Crippen molar-refractivity contribution in [1.29, 1.82) is 0 Å². The molecule has 0 saturated heterocycles. The Morgan fingerprint density at radius 1 is 1.07 bits per heavy atom. The lowest BCUT2D eigenvalue weighted by atomic mass is 10.2. The lowest BCUT2D eigenvalue weighted by Gasteiger charge is -2.22. The number of halogens is 1. The third-order valence-corrected chi connectivity index (χ3v) is 4.75. The summed E-state index contributed by atoms with van der Waals surface area (Å²) in [5.41, 5.74) is 1.77. The maximum atomic E-state index is 13.8. The van der Waals surface area contributed by atoms with Crippen LogP contribution < -0.4 is 5.56 Å². The van der Waals surface area contributed by atoms with Gasteiger partial charge in [-0.3, -0.25) is 14.2 Å². The summed E-state index contributed by atoms with van der Waals surface area (Å²) < 4.78 is 15.1. The number of aryl methyl sites for hydroxylation is 1. The SMILES string of the molecule is CCc1cc(=O)n(CC(=O)N(CC)Cc2ccccc2)c(-c2cccc(F)c2)n1. The van der Waals surface area contributed by atoms with Gasteiger partial charge in [0.1, 0.15) is 18.2 Å². The Kier molecular flexibility index (Phi) is 6.54. The van der Waals surface area contributed by atoms with Crippen LogP contribution in [0.25, 0.3) is 11.4 Å². The Labute approximate surface area is 169 Å². The molecule has 2 aromatic carbocycles. The Balaban J connectivity index is 1.95. The molecule has 0 aliphatic carbocycles. The molecular formula is C23H24FN3O2. The van der Waals surface area contributed by atoms with Gasteiger partial charge in [-0.15, -0.1) is 0 Å². The highest BCUT2D eigenvalue weighted by molar-refractivity contribution is 5.76. The van der Waals surface area contributed by atoms with E-state index in [4.69, 9.17) is 0 Å². The fraction of sp³-hybridized carbons (Fsp3) is 0.261. The van der Waals surface area contributed by atoms with Crippen LogP contribution in [-0.2, 0) is 24.3 Å². The molecule has 0 spiro atoms. The van der Waals surface area contributed by atoms with Crippen molar-refractivity contribution in [3.63, 3.8) is 0 Å². The zero-order chi connectivity index (χ0) is 20.8. The highest BCUT2D eigenvalue weighted by Gasteiger charge is 2.18. The zero-order valence-electron chi connectivity index (χ0n) is 16.6. The number of hydrogen-bond donors (Lipinski definition) is 0. The first kappa shape index (κ1) is 20.5. The summed E-state index contributed by atoms with van der Waals surface area (Å²) in [7, 11) is 0. The van der Waals surface area contributed by atoms with Gasteiger partial charge in [-0.05, 0) is 31.0 Å². The zero-order valence-corrected chi connectivity index (χ0v) is 16.6. The highest BCUT2D eigenvalue weighted by atomic mass is 19.1. The molecule has 29 heavy (non-hydrogen) atoms. The molecule has 0 radical (unpaired) electrons. The van der Waals surface area contributed by atoms with E-state index in [0.29, 0.717) is 36.6 Å². The molecule has 0 saturated carbocycles. The number of benzene rings is 2. The highest BCUT2D eigenvalue weighted by Crippen LogP contribution is 2.18. The molecule has 0 atom stereocenters. The van der Waals surface area contributed by atoms with Crippen molar-refractivity contribution in [1.82, 2.24) is 14.5 Å². The minimum Gasteiger partial charge on any atom is -0.337 e. The van der Waals surface area contributed by atoms with Gasteiger partial charge < -0.3 is 4.90 Å². The number of aromatic nitrogens is 2. The average Bonchev–Trinajstić information content (AvgIpc) is 2.73. The second-order valence-corrected chi connectivity index (χ2v) is 6.75. The van der Waals surface area contributed by atoms with Gasteiger partial charge in [0.2, 0.25) is 5.91 Å². The molecule has 0 aliphatic rings. The normalized spacial score (nSPS) is 10.7. The first-order chi connectivity index (χ1) is 14.0. The van der Waals surface area contributed by atoms with E-state index in [1.807, 2.05) is 44.2 Å². The second-order valence-electron chi connectivity index (χ2n) is 6.75. The number of amides is 1. The van der Waals surface area contributed by atoms with Gasteiger partial charge in [0, 0.05) is 30.4 Å². The molecular weight excluding hydrogens is 369 g/mol. The van der Waals surface area contributed by atoms with Crippen molar-refractivity contribution in [2.45, 2.75) is 33.4 Å². The van der Waals surface area contributed by atoms with Crippen LogP contribution in [-0.4, -0.2) is 26.9 Å². The molecule has 0 N–H and O–H groups in total. The molecule has 0 fully saturated rings. The first-order valence-electron chi connectivity index (χ1n) is 9.70. The molecule has 3 aromatic rings. The van der Waals surface area contributed by atoms with Gasteiger partial charge in [0.15, 0.2) is 0 Å². The van der Waals surface area contributed by atoms with Crippen LogP contribution in [0.15, 0.2) is 65.5 Å². The molecule has 5 nitrogen and oxygen atoms in total. The lowest BCUT2D eigenvalue weighted by Crippen LogP contribution is -2.37. The van der Waals surface area contributed by atoms with E-state index in [9.17, 15) is 14.0 Å². The van der Waals surface area contributed by atoms with E-state index in [0.717, 1.165) is 5.56 Å². The summed E-state index contributed by atoms with van der Waals surface area (Å²) in [6.45, 7) is 4.61. The summed E-state index contributed by atoms with van der Waals surface area (Å²) in [4.78, 5) is 31.9. The van der Waals surface area contributed by atoms with Crippen molar-refractivity contribution < 1.29 is 9.18 Å². The summed E-state index contributed by atoms with van der Waals surface area (Å²) in [6.07, 6.45) is 0.571. The molecule has 3 rings (SSSR count). The lowest BCUT2D eigenvalue weighted by molar-refractivity contribution is -0.132. The predicted octanol–water partition coefficient (Wildman–Crippen LogP) is 3.66. The van der Waals surface area contributed by atoms with E-state index in [-0.39, 0.29) is 18.0 Å². The van der Waals surface area contributed by atoms with E-state index in [1.54, 1.807) is 17.0 Å². The largest absolute Gasteiger partial charge is 0.337 e. The van der Waals surface area contributed by atoms with Crippen molar-refractivity contribution in [3.05, 3.63) is 88.1 Å². The predicted molar refractivity (Wildman–Crippen MR) is 111 cm³/mol. The monoisotopic (exact) mass is 393 g/mol. The number of carbonyl (C=O) groups excluding carboxylic acids is 1. The Hall–Kier alpha value is -3.28. The summed E-state index contributed by atoms with van der Waals surface area (Å²) in [5, 5.41) is 0. The molecule has 6 heteroatoms. The molecule has 150 valence electrons. The van der Waals surface area contributed by atoms with Crippen molar-refractivity contribution >= 4 is 5.91 Å². The van der Waals surface area contributed by atoms with Gasteiger partial charge >= 0.3 is 0 Å². The summed E-state index contributed by atoms with van der Waals surface area (Å²) in [6, 6.07) is 17.0. The van der Waals surface area contributed by atoms with Gasteiger partial charge in [-0.2, -0.15) is 0 Å². The van der Waals surface area contributed by atoms with Crippen LogP contribution in [0.5, 0.6) is 0 Å². The topological polar surface area (TPSA) is 55.2 Å². The van der Waals surface area contributed by atoms with Crippen LogP contribution in [0.4, 0.5) is 4.39 Å². The van der Waals surface area contributed by atoms with Crippen molar-refractivity contribution in [2.24, 2.45) is 0 Å². The summed E-state index contributed by atoms with van der Waals surface area (Å²) >= 11 is 0. The minimum atomic E-state index is -0.421. The molecule has 0 aliphatic heterocycles. The van der Waals surface area contributed by atoms with Crippen LogP contribution >= 0.6 is 0 Å². The van der Waals surface area contributed by atoms with Crippen LogP contribution in [0.2, 0.25) is 0 Å². The fourth-order valence-electron chi connectivity index (χ4n) is 3.15. The second kappa shape index (κ2) is 9.28.